The van der Waals surface area contributed by atoms with E-state index in [1.54, 1.807) is 18.5 Å². The second kappa shape index (κ2) is 6.84. The van der Waals surface area contributed by atoms with Gasteiger partial charge >= 0.3 is 0 Å². The number of hydrogen-bond donors (Lipinski definition) is 3. The number of amides is 2. The summed E-state index contributed by atoms with van der Waals surface area (Å²) < 4.78 is 0. The highest BCUT2D eigenvalue weighted by Crippen LogP contribution is 2.10. The van der Waals surface area contributed by atoms with E-state index >= 15 is 0 Å². The SMILES string of the molecule is Cc1ccncc1NC(=O)CNC(=O)[C@@H](N)C(C)C. The molecule has 104 valence electrons. The average molecular weight is 264 g/mol. The van der Waals surface area contributed by atoms with Crippen LogP contribution in [0.4, 0.5) is 5.69 Å². The minimum atomic E-state index is -0.604. The fraction of sp³-hybridized carbons (Fsp3) is 0.462. The van der Waals surface area contributed by atoms with Crippen LogP contribution in [0, 0.1) is 12.8 Å². The van der Waals surface area contributed by atoms with E-state index < -0.39 is 6.04 Å². The van der Waals surface area contributed by atoms with E-state index in [2.05, 4.69) is 15.6 Å². The molecule has 6 heteroatoms. The molecule has 19 heavy (non-hydrogen) atoms. The Balaban J connectivity index is 2.45. The molecule has 1 heterocycles. The third-order valence-electron chi connectivity index (χ3n) is 2.76. The molecule has 1 rings (SSSR count). The van der Waals surface area contributed by atoms with Crippen LogP contribution in [-0.4, -0.2) is 29.4 Å². The van der Waals surface area contributed by atoms with Crippen LogP contribution in [-0.2, 0) is 9.59 Å². The number of hydrogen-bond acceptors (Lipinski definition) is 4. The van der Waals surface area contributed by atoms with E-state index in [9.17, 15) is 9.59 Å². The maximum Gasteiger partial charge on any atom is 0.243 e. The molecular weight excluding hydrogens is 244 g/mol. The van der Waals surface area contributed by atoms with Crippen molar-refractivity contribution in [3.05, 3.63) is 24.0 Å². The van der Waals surface area contributed by atoms with Crippen molar-refractivity contribution >= 4 is 17.5 Å². The summed E-state index contributed by atoms with van der Waals surface area (Å²) in [7, 11) is 0. The van der Waals surface area contributed by atoms with Crippen molar-refractivity contribution in [1.82, 2.24) is 10.3 Å². The molecule has 0 saturated heterocycles. The predicted octanol–water partition coefficient (Wildman–Crippen LogP) is 0.428. The van der Waals surface area contributed by atoms with E-state index in [4.69, 9.17) is 5.73 Å². The molecule has 0 bridgehead atoms. The van der Waals surface area contributed by atoms with Crippen molar-refractivity contribution in [1.29, 1.82) is 0 Å². The fourth-order valence-corrected chi connectivity index (χ4v) is 1.38. The average Bonchev–Trinajstić information content (AvgIpc) is 2.37. The van der Waals surface area contributed by atoms with Crippen molar-refractivity contribution in [2.24, 2.45) is 11.7 Å². The summed E-state index contributed by atoms with van der Waals surface area (Å²) in [4.78, 5) is 27.2. The van der Waals surface area contributed by atoms with Gasteiger partial charge in [-0.2, -0.15) is 0 Å². The van der Waals surface area contributed by atoms with Crippen LogP contribution >= 0.6 is 0 Å². The lowest BCUT2D eigenvalue weighted by Crippen LogP contribution is -2.46. The van der Waals surface area contributed by atoms with E-state index in [0.717, 1.165) is 5.56 Å². The maximum atomic E-state index is 11.7. The van der Waals surface area contributed by atoms with Crippen molar-refractivity contribution in [3.63, 3.8) is 0 Å². The van der Waals surface area contributed by atoms with Gasteiger partial charge in [-0.05, 0) is 24.5 Å². The van der Waals surface area contributed by atoms with Crippen LogP contribution in [0.2, 0.25) is 0 Å². The molecular formula is C13H20N4O2. The summed E-state index contributed by atoms with van der Waals surface area (Å²) in [6.45, 7) is 5.46. The number of carbonyl (C=O) groups is 2. The van der Waals surface area contributed by atoms with Gasteiger partial charge in [-0.1, -0.05) is 13.8 Å². The van der Waals surface area contributed by atoms with E-state index in [0.29, 0.717) is 5.69 Å². The molecule has 1 aromatic rings. The van der Waals surface area contributed by atoms with Gasteiger partial charge in [-0.3, -0.25) is 14.6 Å². The van der Waals surface area contributed by atoms with E-state index in [-0.39, 0.29) is 24.3 Å². The third-order valence-corrected chi connectivity index (χ3v) is 2.76. The lowest BCUT2D eigenvalue weighted by molar-refractivity contribution is -0.125. The second-order valence-corrected chi connectivity index (χ2v) is 4.73. The molecule has 0 aliphatic carbocycles. The minimum Gasteiger partial charge on any atom is -0.346 e. The molecule has 0 spiro atoms. The second-order valence-electron chi connectivity index (χ2n) is 4.73. The summed E-state index contributed by atoms with van der Waals surface area (Å²) in [5.74, 6) is -0.600. The highest BCUT2D eigenvalue weighted by molar-refractivity contribution is 5.95. The lowest BCUT2D eigenvalue weighted by atomic mass is 10.1. The molecule has 2 amide bonds. The van der Waals surface area contributed by atoms with Gasteiger partial charge in [0.1, 0.15) is 0 Å². The van der Waals surface area contributed by atoms with Crippen LogP contribution in [0.25, 0.3) is 0 Å². The smallest absolute Gasteiger partial charge is 0.243 e. The fourth-order valence-electron chi connectivity index (χ4n) is 1.38. The summed E-state index contributed by atoms with van der Waals surface area (Å²) in [6.07, 6.45) is 3.21. The van der Waals surface area contributed by atoms with Crippen LogP contribution in [0.15, 0.2) is 18.5 Å². The van der Waals surface area contributed by atoms with Gasteiger partial charge in [-0.15, -0.1) is 0 Å². The van der Waals surface area contributed by atoms with Crippen LogP contribution < -0.4 is 16.4 Å². The Labute approximate surface area is 112 Å². The number of carbonyl (C=O) groups excluding carboxylic acids is 2. The summed E-state index contributed by atoms with van der Waals surface area (Å²) in [5.41, 5.74) is 7.21. The monoisotopic (exact) mass is 264 g/mol. The topological polar surface area (TPSA) is 97.1 Å². The highest BCUT2D eigenvalue weighted by atomic mass is 16.2. The number of nitrogens with zero attached hydrogens (tertiary/aromatic N) is 1. The molecule has 6 nitrogen and oxygen atoms in total. The Bertz CT molecular complexity index is 460. The van der Waals surface area contributed by atoms with Gasteiger partial charge in [0.05, 0.1) is 24.5 Å². The zero-order valence-corrected chi connectivity index (χ0v) is 11.4. The van der Waals surface area contributed by atoms with Gasteiger partial charge in [0, 0.05) is 6.20 Å². The van der Waals surface area contributed by atoms with Crippen molar-refractivity contribution in [2.45, 2.75) is 26.8 Å². The van der Waals surface area contributed by atoms with Gasteiger partial charge in [-0.25, -0.2) is 0 Å². The maximum absolute atomic E-state index is 11.7. The quantitative estimate of drug-likeness (QED) is 0.718. The Hall–Kier alpha value is -1.95. The highest BCUT2D eigenvalue weighted by Gasteiger charge is 2.17. The van der Waals surface area contributed by atoms with Gasteiger partial charge in [0.15, 0.2) is 0 Å². The zero-order valence-electron chi connectivity index (χ0n) is 11.4. The van der Waals surface area contributed by atoms with Crippen molar-refractivity contribution in [2.75, 3.05) is 11.9 Å². The molecule has 0 aliphatic rings. The Morgan fingerprint density at radius 1 is 1.42 bits per heavy atom. The first-order chi connectivity index (χ1) is 8.91. The third kappa shape index (κ3) is 4.67. The molecule has 0 saturated carbocycles. The Morgan fingerprint density at radius 2 is 2.11 bits per heavy atom. The summed E-state index contributed by atoms with van der Waals surface area (Å²) in [5, 5.41) is 5.18. The Morgan fingerprint density at radius 3 is 2.68 bits per heavy atom. The van der Waals surface area contributed by atoms with Crippen LogP contribution in [0.3, 0.4) is 0 Å². The van der Waals surface area contributed by atoms with Crippen molar-refractivity contribution < 1.29 is 9.59 Å². The zero-order chi connectivity index (χ0) is 14.4. The van der Waals surface area contributed by atoms with Gasteiger partial charge < -0.3 is 16.4 Å². The molecule has 0 aliphatic heterocycles. The number of aromatic nitrogens is 1. The van der Waals surface area contributed by atoms with Gasteiger partial charge in [0.25, 0.3) is 0 Å². The summed E-state index contributed by atoms with van der Waals surface area (Å²) in [6, 6.07) is 1.19. The number of pyridine rings is 1. The standard InChI is InChI=1S/C13H20N4O2/c1-8(2)12(14)13(19)16-7-11(18)17-10-6-15-5-4-9(10)3/h4-6,8,12H,7,14H2,1-3H3,(H,16,19)(H,17,18)/t12-/m0/s1. The number of nitrogens with two attached hydrogens (primary N) is 1. The molecule has 0 aromatic carbocycles. The predicted molar refractivity (Wildman–Crippen MR) is 73.4 cm³/mol. The number of anilines is 1. The van der Waals surface area contributed by atoms with E-state index in [1.807, 2.05) is 20.8 Å². The minimum absolute atomic E-state index is 0.0311. The molecule has 0 unspecified atom stereocenters. The van der Waals surface area contributed by atoms with E-state index in [1.165, 1.54) is 0 Å². The number of rotatable bonds is 5. The molecule has 1 atom stereocenters. The molecule has 4 N–H and O–H groups in total. The number of aryl methyl sites for hydroxylation is 1. The largest absolute Gasteiger partial charge is 0.346 e. The van der Waals surface area contributed by atoms with Crippen LogP contribution in [0.1, 0.15) is 19.4 Å². The van der Waals surface area contributed by atoms with Crippen LogP contribution in [0.5, 0.6) is 0 Å². The van der Waals surface area contributed by atoms with Gasteiger partial charge in [0.2, 0.25) is 11.8 Å². The first-order valence-electron chi connectivity index (χ1n) is 6.15. The molecule has 1 aromatic heterocycles. The normalized spacial score (nSPS) is 12.1. The van der Waals surface area contributed by atoms with Crippen molar-refractivity contribution in [3.8, 4) is 0 Å². The molecule has 0 radical (unpaired) electrons. The Kier molecular flexibility index (Phi) is 5.44. The number of nitrogens with one attached hydrogen (secondary N) is 2. The lowest BCUT2D eigenvalue weighted by Gasteiger charge is -2.15. The first-order valence-corrected chi connectivity index (χ1v) is 6.15. The first kappa shape index (κ1) is 15.1. The summed E-state index contributed by atoms with van der Waals surface area (Å²) >= 11 is 0. The molecule has 0 fully saturated rings.